The molecule has 0 fully saturated rings. The van der Waals surface area contributed by atoms with Crippen LogP contribution in [0, 0.1) is 24.0 Å². The minimum atomic E-state index is -0.502. The first-order chi connectivity index (χ1) is 9.08. The number of aromatic nitrogens is 1. The third-order valence-electron chi connectivity index (χ3n) is 2.54. The molecule has 2 aromatic rings. The summed E-state index contributed by atoms with van der Waals surface area (Å²) in [5, 5.41) is 17.4. The average molecular weight is 259 g/mol. The topological polar surface area (TPSA) is 81.2 Å². The second kappa shape index (κ2) is 5.34. The molecule has 1 aromatic carbocycles. The molecule has 2 rings (SSSR count). The van der Waals surface area contributed by atoms with E-state index >= 15 is 0 Å². The number of hydrogen-bond donors (Lipinski definition) is 1. The first-order valence-corrected chi connectivity index (χ1v) is 5.68. The Hall–Kier alpha value is -2.63. The molecule has 6 nitrogen and oxygen atoms in total. The third-order valence-corrected chi connectivity index (χ3v) is 2.54. The van der Waals surface area contributed by atoms with E-state index in [2.05, 4.69) is 10.5 Å². The summed E-state index contributed by atoms with van der Waals surface area (Å²) >= 11 is 0. The lowest BCUT2D eigenvalue weighted by Crippen LogP contribution is -1.91. The molecule has 0 atom stereocenters. The molecule has 6 heteroatoms. The van der Waals surface area contributed by atoms with Crippen molar-refractivity contribution in [2.24, 2.45) is 0 Å². The summed E-state index contributed by atoms with van der Waals surface area (Å²) in [4.78, 5) is 10.3. The molecular formula is C13H13N3O3. The van der Waals surface area contributed by atoms with Gasteiger partial charge in [-0.15, -0.1) is 0 Å². The zero-order chi connectivity index (χ0) is 13.8. The lowest BCUT2D eigenvalue weighted by molar-refractivity contribution is -0.386. The highest BCUT2D eigenvalue weighted by atomic mass is 16.6. The van der Waals surface area contributed by atoms with Crippen LogP contribution in [0.15, 0.2) is 35.0 Å². The molecule has 0 bridgehead atoms. The van der Waals surface area contributed by atoms with Crippen LogP contribution in [0.25, 0.3) is 6.08 Å². The van der Waals surface area contributed by atoms with Crippen molar-refractivity contribution in [3.8, 4) is 0 Å². The Balaban J connectivity index is 2.13. The number of nitrogens with zero attached hydrogens (tertiary/aromatic N) is 2. The van der Waals surface area contributed by atoms with Crippen LogP contribution in [0.5, 0.6) is 0 Å². The molecule has 0 unspecified atom stereocenters. The van der Waals surface area contributed by atoms with Crippen molar-refractivity contribution in [2.45, 2.75) is 13.8 Å². The average Bonchev–Trinajstić information content (AvgIpc) is 2.71. The van der Waals surface area contributed by atoms with Gasteiger partial charge in [0.1, 0.15) is 0 Å². The summed E-state index contributed by atoms with van der Waals surface area (Å²) in [5.41, 5.74) is 2.18. The smallest absolute Gasteiger partial charge is 0.338 e. The van der Waals surface area contributed by atoms with Crippen LogP contribution in [-0.2, 0) is 0 Å². The molecule has 0 spiro atoms. The zero-order valence-corrected chi connectivity index (χ0v) is 10.6. The van der Waals surface area contributed by atoms with E-state index in [1.807, 2.05) is 31.2 Å². The van der Waals surface area contributed by atoms with E-state index in [4.69, 9.17) is 4.52 Å². The van der Waals surface area contributed by atoms with Gasteiger partial charge in [-0.25, -0.2) is 0 Å². The maximum atomic E-state index is 10.8. The van der Waals surface area contributed by atoms with Crippen molar-refractivity contribution in [3.05, 3.63) is 57.6 Å². The van der Waals surface area contributed by atoms with Crippen molar-refractivity contribution < 1.29 is 9.45 Å². The number of rotatable bonds is 4. The molecule has 0 saturated heterocycles. The maximum absolute atomic E-state index is 10.8. The first-order valence-electron chi connectivity index (χ1n) is 5.68. The van der Waals surface area contributed by atoms with E-state index in [0.717, 1.165) is 11.3 Å². The predicted molar refractivity (Wildman–Crippen MR) is 71.7 cm³/mol. The molecule has 1 N–H and O–H groups in total. The molecule has 0 aliphatic heterocycles. The minimum Gasteiger partial charge on any atom is -0.362 e. The molecule has 0 aliphatic carbocycles. The SMILES string of the molecule is Cc1cccc(N/C=C/c2onc(C)c2[N+](=O)[O-])c1. The highest BCUT2D eigenvalue weighted by Gasteiger charge is 2.21. The first kappa shape index (κ1) is 12.8. The number of anilines is 1. The number of nitrogens with one attached hydrogen (secondary N) is 1. The number of nitro groups is 1. The fourth-order valence-electron chi connectivity index (χ4n) is 1.66. The van der Waals surface area contributed by atoms with Gasteiger partial charge in [0.15, 0.2) is 5.69 Å². The molecular weight excluding hydrogens is 246 g/mol. The Morgan fingerprint density at radius 3 is 2.89 bits per heavy atom. The molecule has 0 aliphatic rings. The van der Waals surface area contributed by atoms with Gasteiger partial charge >= 0.3 is 5.69 Å². The van der Waals surface area contributed by atoms with Crippen LogP contribution in [0.2, 0.25) is 0 Å². The lowest BCUT2D eigenvalue weighted by atomic mass is 10.2. The van der Waals surface area contributed by atoms with E-state index in [0.29, 0.717) is 0 Å². The number of hydrogen-bond acceptors (Lipinski definition) is 5. The van der Waals surface area contributed by atoms with Gasteiger partial charge in [-0.2, -0.15) is 0 Å². The second-order valence-corrected chi connectivity index (χ2v) is 4.09. The quantitative estimate of drug-likeness (QED) is 0.673. The van der Waals surface area contributed by atoms with Gasteiger partial charge in [0.05, 0.1) is 4.92 Å². The molecule has 19 heavy (non-hydrogen) atoms. The maximum Gasteiger partial charge on any atom is 0.338 e. The van der Waals surface area contributed by atoms with Gasteiger partial charge in [-0.05, 0) is 31.5 Å². The minimum absolute atomic E-state index is 0.109. The standard InChI is InChI=1S/C13H13N3O3/c1-9-4-3-5-11(8-9)14-7-6-12-13(16(17)18)10(2)15-19-12/h3-8,14H,1-2H3/b7-6+. The van der Waals surface area contributed by atoms with E-state index < -0.39 is 4.92 Å². The summed E-state index contributed by atoms with van der Waals surface area (Å²) < 4.78 is 4.90. The summed E-state index contributed by atoms with van der Waals surface area (Å²) in [7, 11) is 0. The van der Waals surface area contributed by atoms with Gasteiger partial charge in [0.25, 0.3) is 0 Å². The Morgan fingerprint density at radius 1 is 1.42 bits per heavy atom. The van der Waals surface area contributed by atoms with Gasteiger partial charge in [-0.1, -0.05) is 17.3 Å². The van der Waals surface area contributed by atoms with Crippen molar-refractivity contribution in [1.29, 1.82) is 0 Å². The third kappa shape index (κ3) is 2.98. The molecule has 0 amide bonds. The van der Waals surface area contributed by atoms with Crippen molar-refractivity contribution in [3.63, 3.8) is 0 Å². The van der Waals surface area contributed by atoms with Gasteiger partial charge < -0.3 is 9.84 Å². The van der Waals surface area contributed by atoms with E-state index in [-0.39, 0.29) is 17.1 Å². The Morgan fingerprint density at radius 2 is 2.21 bits per heavy atom. The predicted octanol–water partition coefficient (Wildman–Crippen LogP) is 3.28. The number of benzene rings is 1. The summed E-state index contributed by atoms with van der Waals surface area (Å²) in [6.45, 7) is 3.52. The summed E-state index contributed by atoms with van der Waals surface area (Å²) in [5.74, 6) is 0.127. The Bertz CT molecular complexity index is 632. The monoisotopic (exact) mass is 259 g/mol. The van der Waals surface area contributed by atoms with Gasteiger partial charge in [-0.3, -0.25) is 10.1 Å². The normalized spacial score (nSPS) is 10.8. The summed E-state index contributed by atoms with van der Waals surface area (Å²) in [6, 6.07) is 7.77. The molecule has 0 saturated carbocycles. The van der Waals surface area contributed by atoms with Crippen molar-refractivity contribution in [2.75, 3.05) is 5.32 Å². The highest BCUT2D eigenvalue weighted by molar-refractivity contribution is 5.59. The largest absolute Gasteiger partial charge is 0.362 e. The van der Waals surface area contributed by atoms with Crippen LogP contribution in [0.4, 0.5) is 11.4 Å². The van der Waals surface area contributed by atoms with E-state index in [1.165, 1.54) is 13.0 Å². The fourth-order valence-corrected chi connectivity index (χ4v) is 1.66. The highest BCUT2D eigenvalue weighted by Crippen LogP contribution is 2.23. The second-order valence-electron chi connectivity index (χ2n) is 4.09. The lowest BCUT2D eigenvalue weighted by Gasteiger charge is -2.00. The molecule has 0 radical (unpaired) electrons. The van der Waals surface area contributed by atoms with Crippen LogP contribution in [0.1, 0.15) is 17.0 Å². The zero-order valence-electron chi connectivity index (χ0n) is 10.6. The van der Waals surface area contributed by atoms with Crippen LogP contribution >= 0.6 is 0 Å². The van der Waals surface area contributed by atoms with Crippen LogP contribution < -0.4 is 5.32 Å². The van der Waals surface area contributed by atoms with E-state index in [1.54, 1.807) is 6.20 Å². The molecule has 1 aromatic heterocycles. The van der Waals surface area contributed by atoms with Crippen LogP contribution in [0.3, 0.4) is 0 Å². The Kier molecular flexibility index (Phi) is 3.61. The van der Waals surface area contributed by atoms with Crippen LogP contribution in [-0.4, -0.2) is 10.1 Å². The van der Waals surface area contributed by atoms with E-state index in [9.17, 15) is 10.1 Å². The van der Waals surface area contributed by atoms with Gasteiger partial charge in [0, 0.05) is 18.0 Å². The van der Waals surface area contributed by atoms with Gasteiger partial charge in [0.2, 0.25) is 5.76 Å². The molecule has 1 heterocycles. The fraction of sp³-hybridized carbons (Fsp3) is 0.154. The summed E-state index contributed by atoms with van der Waals surface area (Å²) in [6.07, 6.45) is 3.07. The van der Waals surface area contributed by atoms with Crippen molar-refractivity contribution >= 4 is 17.5 Å². The molecule has 98 valence electrons. The number of aryl methyl sites for hydroxylation is 2. The Labute approximate surface area is 109 Å². The van der Waals surface area contributed by atoms with Crippen molar-refractivity contribution in [1.82, 2.24) is 5.16 Å².